The summed E-state index contributed by atoms with van der Waals surface area (Å²) in [6, 6.07) is 0.574. The largest absolute Gasteiger partial charge is 0.377 e. The maximum Gasteiger partial charge on any atom is 0.0730 e. The Labute approximate surface area is 127 Å². The summed E-state index contributed by atoms with van der Waals surface area (Å²) in [4.78, 5) is 0. The lowest BCUT2D eigenvalue weighted by Gasteiger charge is -2.37. The molecule has 1 fully saturated rings. The molecule has 1 N–H and O–H groups in total. The van der Waals surface area contributed by atoms with Crippen molar-refractivity contribution in [2.75, 3.05) is 13.7 Å². The van der Waals surface area contributed by atoms with Crippen LogP contribution in [0.2, 0.25) is 0 Å². The van der Waals surface area contributed by atoms with Gasteiger partial charge in [0.15, 0.2) is 0 Å². The SMILES string of the molecule is CCCCCCCCOC1CC(C(C)C)CCC1NC. The Hall–Kier alpha value is -0.0800. The molecule has 1 aliphatic rings. The molecule has 1 aliphatic carbocycles. The molecule has 1 saturated carbocycles. The van der Waals surface area contributed by atoms with Crippen molar-refractivity contribution >= 4 is 0 Å². The molecule has 20 heavy (non-hydrogen) atoms. The van der Waals surface area contributed by atoms with Crippen molar-refractivity contribution in [3.8, 4) is 0 Å². The fourth-order valence-corrected chi connectivity index (χ4v) is 3.40. The summed E-state index contributed by atoms with van der Waals surface area (Å²) in [5.41, 5.74) is 0. The average Bonchev–Trinajstić information content (AvgIpc) is 2.46. The van der Waals surface area contributed by atoms with Gasteiger partial charge in [0, 0.05) is 12.6 Å². The van der Waals surface area contributed by atoms with Crippen molar-refractivity contribution in [3.05, 3.63) is 0 Å². The van der Waals surface area contributed by atoms with Crippen LogP contribution in [0, 0.1) is 11.8 Å². The summed E-state index contributed by atoms with van der Waals surface area (Å²) in [5.74, 6) is 1.65. The molecule has 0 amide bonds. The van der Waals surface area contributed by atoms with Crippen LogP contribution in [0.3, 0.4) is 0 Å². The zero-order valence-corrected chi connectivity index (χ0v) is 14.3. The van der Waals surface area contributed by atoms with Gasteiger partial charge in [-0.3, -0.25) is 0 Å². The van der Waals surface area contributed by atoms with Crippen molar-refractivity contribution in [1.82, 2.24) is 5.32 Å². The van der Waals surface area contributed by atoms with Gasteiger partial charge in [0.05, 0.1) is 6.10 Å². The predicted octanol–water partition coefficient (Wildman–Crippen LogP) is 4.78. The van der Waals surface area contributed by atoms with Crippen molar-refractivity contribution in [2.45, 2.75) is 90.7 Å². The monoisotopic (exact) mass is 283 g/mol. The molecule has 0 radical (unpaired) electrons. The minimum absolute atomic E-state index is 0.441. The highest BCUT2D eigenvalue weighted by molar-refractivity contribution is 4.86. The number of nitrogens with one attached hydrogen (secondary N) is 1. The first-order valence-electron chi connectivity index (χ1n) is 8.97. The first kappa shape index (κ1) is 18.0. The molecule has 0 saturated heterocycles. The second-order valence-electron chi connectivity index (χ2n) is 6.89. The molecule has 2 heteroatoms. The zero-order chi connectivity index (χ0) is 14.8. The third kappa shape index (κ3) is 6.58. The van der Waals surface area contributed by atoms with E-state index in [4.69, 9.17) is 4.74 Å². The van der Waals surface area contributed by atoms with Crippen LogP contribution in [-0.4, -0.2) is 25.8 Å². The fourth-order valence-electron chi connectivity index (χ4n) is 3.40. The van der Waals surface area contributed by atoms with E-state index in [-0.39, 0.29) is 0 Å². The lowest BCUT2D eigenvalue weighted by Crippen LogP contribution is -2.45. The van der Waals surface area contributed by atoms with Gasteiger partial charge in [-0.25, -0.2) is 0 Å². The molecule has 3 unspecified atom stereocenters. The van der Waals surface area contributed by atoms with Crippen LogP contribution >= 0.6 is 0 Å². The first-order valence-corrected chi connectivity index (χ1v) is 8.97. The van der Waals surface area contributed by atoms with Gasteiger partial charge >= 0.3 is 0 Å². The standard InChI is InChI=1S/C18H37NO/c1-5-6-7-8-9-10-13-20-18-14-16(15(2)3)11-12-17(18)19-4/h15-19H,5-14H2,1-4H3. The summed E-state index contributed by atoms with van der Waals surface area (Å²) < 4.78 is 6.21. The zero-order valence-electron chi connectivity index (χ0n) is 14.3. The Balaban J connectivity index is 2.18. The Bertz CT molecular complexity index is 229. The normalized spacial score (nSPS) is 27.1. The summed E-state index contributed by atoms with van der Waals surface area (Å²) in [7, 11) is 2.08. The molecule has 0 spiro atoms. The van der Waals surface area contributed by atoms with E-state index in [1.807, 2.05) is 0 Å². The molecule has 0 aromatic carbocycles. The highest BCUT2D eigenvalue weighted by Crippen LogP contribution is 2.31. The van der Waals surface area contributed by atoms with Crippen LogP contribution in [0.5, 0.6) is 0 Å². The van der Waals surface area contributed by atoms with Crippen LogP contribution in [0.25, 0.3) is 0 Å². The highest BCUT2D eigenvalue weighted by atomic mass is 16.5. The van der Waals surface area contributed by atoms with Gasteiger partial charge in [0.1, 0.15) is 0 Å². The maximum atomic E-state index is 6.21. The molecular formula is C18H37NO. The predicted molar refractivity (Wildman–Crippen MR) is 88.1 cm³/mol. The molecule has 3 atom stereocenters. The second-order valence-corrected chi connectivity index (χ2v) is 6.89. The van der Waals surface area contributed by atoms with E-state index in [1.165, 1.54) is 57.8 Å². The van der Waals surface area contributed by atoms with Crippen LogP contribution < -0.4 is 5.32 Å². The van der Waals surface area contributed by atoms with Crippen molar-refractivity contribution in [2.24, 2.45) is 11.8 Å². The first-order chi connectivity index (χ1) is 9.69. The molecule has 0 aliphatic heterocycles. The molecule has 1 rings (SSSR count). The van der Waals surface area contributed by atoms with Gasteiger partial charge in [-0.2, -0.15) is 0 Å². The molecular weight excluding hydrogens is 246 g/mol. The Morgan fingerprint density at radius 3 is 2.40 bits per heavy atom. The van der Waals surface area contributed by atoms with Crippen molar-refractivity contribution in [3.63, 3.8) is 0 Å². The lowest BCUT2D eigenvalue weighted by molar-refractivity contribution is -0.0162. The van der Waals surface area contributed by atoms with Gasteiger partial charge in [0.25, 0.3) is 0 Å². The van der Waals surface area contributed by atoms with Gasteiger partial charge in [-0.05, 0) is 44.6 Å². The highest BCUT2D eigenvalue weighted by Gasteiger charge is 2.31. The number of likely N-dealkylation sites (N-methyl/N-ethyl adjacent to an activating group) is 1. The lowest BCUT2D eigenvalue weighted by atomic mass is 9.78. The third-order valence-electron chi connectivity index (χ3n) is 4.98. The Morgan fingerprint density at radius 2 is 1.75 bits per heavy atom. The number of rotatable bonds is 10. The van der Waals surface area contributed by atoms with Crippen LogP contribution in [0.15, 0.2) is 0 Å². The summed E-state index contributed by atoms with van der Waals surface area (Å²) >= 11 is 0. The van der Waals surface area contributed by atoms with E-state index in [0.717, 1.165) is 18.4 Å². The van der Waals surface area contributed by atoms with Gasteiger partial charge in [0.2, 0.25) is 0 Å². The van der Waals surface area contributed by atoms with Crippen LogP contribution in [0.4, 0.5) is 0 Å². The minimum atomic E-state index is 0.441. The van der Waals surface area contributed by atoms with Crippen molar-refractivity contribution < 1.29 is 4.74 Å². The van der Waals surface area contributed by atoms with Gasteiger partial charge in [-0.1, -0.05) is 52.9 Å². The number of hydrogen-bond acceptors (Lipinski definition) is 2. The number of ether oxygens (including phenoxy) is 1. The summed E-state index contributed by atoms with van der Waals surface area (Å²) in [6.45, 7) is 7.94. The van der Waals surface area contributed by atoms with E-state index >= 15 is 0 Å². The van der Waals surface area contributed by atoms with Crippen molar-refractivity contribution in [1.29, 1.82) is 0 Å². The molecule has 0 aromatic heterocycles. The van der Waals surface area contributed by atoms with E-state index in [9.17, 15) is 0 Å². The Kier molecular flexibility index (Phi) is 9.54. The van der Waals surface area contributed by atoms with E-state index in [1.54, 1.807) is 0 Å². The minimum Gasteiger partial charge on any atom is -0.377 e. The van der Waals surface area contributed by atoms with E-state index in [2.05, 4.69) is 33.1 Å². The van der Waals surface area contributed by atoms with Gasteiger partial charge < -0.3 is 10.1 Å². The topological polar surface area (TPSA) is 21.3 Å². The molecule has 0 heterocycles. The molecule has 0 bridgehead atoms. The smallest absolute Gasteiger partial charge is 0.0730 e. The number of unbranched alkanes of at least 4 members (excludes halogenated alkanes) is 5. The summed E-state index contributed by atoms with van der Waals surface area (Å²) in [5, 5.41) is 3.46. The molecule has 0 aromatic rings. The fraction of sp³-hybridized carbons (Fsp3) is 1.00. The van der Waals surface area contributed by atoms with Crippen LogP contribution in [0.1, 0.15) is 78.6 Å². The van der Waals surface area contributed by atoms with E-state index < -0.39 is 0 Å². The molecule has 2 nitrogen and oxygen atoms in total. The maximum absolute atomic E-state index is 6.21. The quantitative estimate of drug-likeness (QED) is 0.583. The van der Waals surface area contributed by atoms with E-state index in [0.29, 0.717) is 12.1 Å². The second kappa shape index (κ2) is 10.6. The average molecular weight is 284 g/mol. The van der Waals surface area contributed by atoms with Crippen LogP contribution in [-0.2, 0) is 4.74 Å². The Morgan fingerprint density at radius 1 is 1.05 bits per heavy atom. The third-order valence-corrected chi connectivity index (χ3v) is 4.98. The molecule has 120 valence electrons. The summed E-state index contributed by atoms with van der Waals surface area (Å²) in [6.07, 6.45) is 12.4. The number of hydrogen-bond donors (Lipinski definition) is 1. The van der Waals surface area contributed by atoms with Gasteiger partial charge in [-0.15, -0.1) is 0 Å².